The molecule has 11 heteroatoms. The van der Waals surface area contributed by atoms with E-state index in [0.717, 1.165) is 24.5 Å². The lowest BCUT2D eigenvalue weighted by Gasteiger charge is -2.27. The number of benzene rings is 2. The van der Waals surface area contributed by atoms with Crippen LogP contribution in [-0.4, -0.2) is 78.9 Å². The molecule has 0 aliphatic carbocycles. The summed E-state index contributed by atoms with van der Waals surface area (Å²) in [5, 5.41) is 5.88. The lowest BCUT2D eigenvalue weighted by Crippen LogP contribution is -2.36. The van der Waals surface area contributed by atoms with Gasteiger partial charge in [0.15, 0.2) is 0 Å². The summed E-state index contributed by atoms with van der Waals surface area (Å²) in [6.07, 6.45) is 1.74. The summed E-state index contributed by atoms with van der Waals surface area (Å²) in [5.41, 5.74) is 2.32. The van der Waals surface area contributed by atoms with Gasteiger partial charge >= 0.3 is 6.09 Å². The number of ether oxygens (including phenoxy) is 3. The molecule has 11 nitrogen and oxygen atoms in total. The van der Waals surface area contributed by atoms with E-state index in [1.54, 1.807) is 59.6 Å². The number of aromatic nitrogens is 1. The van der Waals surface area contributed by atoms with Crippen LogP contribution < -0.4 is 20.3 Å². The van der Waals surface area contributed by atoms with Crippen LogP contribution in [0.4, 0.5) is 22.0 Å². The minimum Gasteiger partial charge on any atom is -0.488 e. The van der Waals surface area contributed by atoms with Crippen LogP contribution in [0.15, 0.2) is 60.8 Å². The summed E-state index contributed by atoms with van der Waals surface area (Å²) >= 11 is 0. The van der Waals surface area contributed by atoms with Gasteiger partial charge < -0.3 is 34.6 Å². The van der Waals surface area contributed by atoms with Gasteiger partial charge in [-0.15, -0.1) is 0 Å². The second kappa shape index (κ2) is 13.3. The maximum absolute atomic E-state index is 13.2. The third-order valence-electron chi connectivity index (χ3n) is 7.28. The van der Waals surface area contributed by atoms with Crippen LogP contribution >= 0.6 is 0 Å². The molecule has 0 bridgehead atoms. The highest BCUT2D eigenvalue weighted by Gasteiger charge is 2.31. The Morgan fingerprint density at radius 1 is 0.932 bits per heavy atom. The second-order valence-corrected chi connectivity index (χ2v) is 11.9. The lowest BCUT2D eigenvalue weighted by atomic mass is 10.1. The lowest BCUT2D eigenvalue weighted by molar-refractivity contribution is 0.0275. The first-order chi connectivity index (χ1) is 21.0. The van der Waals surface area contributed by atoms with E-state index in [9.17, 15) is 14.4 Å². The fourth-order valence-electron chi connectivity index (χ4n) is 4.98. The van der Waals surface area contributed by atoms with E-state index in [1.807, 2.05) is 33.8 Å². The van der Waals surface area contributed by atoms with Gasteiger partial charge in [0, 0.05) is 54.8 Å². The van der Waals surface area contributed by atoms with Crippen LogP contribution in [0.2, 0.25) is 0 Å². The number of hydrogen-bond acceptors (Lipinski definition) is 8. The number of hydrogen-bond donors (Lipinski definition) is 2. The van der Waals surface area contributed by atoms with Crippen molar-refractivity contribution in [2.75, 3.05) is 54.9 Å². The van der Waals surface area contributed by atoms with E-state index in [4.69, 9.17) is 14.2 Å². The molecular formula is C33H39N5O6. The third-order valence-corrected chi connectivity index (χ3v) is 7.28. The maximum Gasteiger partial charge on any atom is 0.410 e. The van der Waals surface area contributed by atoms with Crippen LogP contribution in [0.5, 0.6) is 5.75 Å². The molecule has 0 spiro atoms. The molecule has 1 aromatic heterocycles. The fourth-order valence-corrected chi connectivity index (χ4v) is 4.98. The Kier molecular flexibility index (Phi) is 9.34. The minimum atomic E-state index is -0.562. The summed E-state index contributed by atoms with van der Waals surface area (Å²) in [4.78, 5) is 46.8. The normalized spacial score (nSPS) is 16.8. The largest absolute Gasteiger partial charge is 0.488 e. The van der Waals surface area contributed by atoms with Crippen molar-refractivity contribution in [3.8, 4) is 5.75 Å². The molecule has 0 saturated carbocycles. The van der Waals surface area contributed by atoms with E-state index in [0.29, 0.717) is 61.0 Å². The molecule has 0 radical (unpaired) electrons. The SMILES string of the molecule is Cc1ccc(NC(=O)c2ccnc(N3CCOCC3)c2)cc1NC(=O)c1cccc(OC2CCN(C(=O)OC(C)(C)C)C2)c1. The Morgan fingerprint density at radius 2 is 1.68 bits per heavy atom. The number of anilines is 3. The van der Waals surface area contributed by atoms with Gasteiger partial charge in [-0.3, -0.25) is 9.59 Å². The Bertz CT molecular complexity index is 1510. The molecule has 2 aliphatic heterocycles. The van der Waals surface area contributed by atoms with Crippen molar-refractivity contribution in [1.29, 1.82) is 0 Å². The number of rotatable bonds is 7. The summed E-state index contributed by atoms with van der Waals surface area (Å²) in [6, 6.07) is 15.8. The number of carbonyl (C=O) groups excluding carboxylic acids is 3. The molecule has 2 aromatic carbocycles. The Balaban J connectivity index is 1.20. The second-order valence-electron chi connectivity index (χ2n) is 11.9. The van der Waals surface area contributed by atoms with Gasteiger partial charge in [0.25, 0.3) is 11.8 Å². The van der Waals surface area contributed by atoms with Crippen molar-refractivity contribution >= 4 is 35.1 Å². The van der Waals surface area contributed by atoms with Crippen molar-refractivity contribution in [3.05, 3.63) is 77.5 Å². The molecule has 2 fully saturated rings. The molecule has 3 heterocycles. The topological polar surface area (TPSA) is 122 Å². The highest BCUT2D eigenvalue weighted by molar-refractivity contribution is 6.07. The predicted molar refractivity (Wildman–Crippen MR) is 168 cm³/mol. The monoisotopic (exact) mass is 601 g/mol. The van der Waals surface area contributed by atoms with E-state index < -0.39 is 5.60 Å². The standard InChI is InChI=1S/C33H39N5O6/c1-22-8-9-25(35-30(39)24-10-12-34-29(19-24)37-14-16-42-17-15-37)20-28(22)36-31(40)23-6-5-7-26(18-23)43-27-11-13-38(21-27)32(41)44-33(2,3)4/h5-10,12,18-20,27H,11,13-17,21H2,1-4H3,(H,35,39)(H,36,40). The zero-order chi connectivity index (χ0) is 31.3. The number of pyridine rings is 1. The first kappa shape index (κ1) is 30.8. The van der Waals surface area contributed by atoms with E-state index in [2.05, 4.69) is 20.5 Å². The third kappa shape index (κ3) is 8.04. The van der Waals surface area contributed by atoms with Gasteiger partial charge in [-0.25, -0.2) is 9.78 Å². The Labute approximate surface area is 257 Å². The van der Waals surface area contributed by atoms with Crippen LogP contribution in [0.3, 0.4) is 0 Å². The Hall–Kier alpha value is -4.64. The first-order valence-electron chi connectivity index (χ1n) is 14.8. The first-order valence-corrected chi connectivity index (χ1v) is 14.8. The van der Waals surface area contributed by atoms with Crippen LogP contribution in [0.1, 0.15) is 53.5 Å². The minimum absolute atomic E-state index is 0.200. The average molecular weight is 602 g/mol. The number of nitrogens with zero attached hydrogens (tertiary/aromatic N) is 3. The number of morpholine rings is 1. The summed E-state index contributed by atoms with van der Waals surface area (Å²) in [5.74, 6) is 0.690. The molecule has 2 aliphatic rings. The van der Waals surface area contributed by atoms with Crippen molar-refractivity contribution in [2.45, 2.75) is 45.8 Å². The van der Waals surface area contributed by atoms with E-state index >= 15 is 0 Å². The quantitative estimate of drug-likeness (QED) is 0.383. The van der Waals surface area contributed by atoms with Gasteiger partial charge in [0.05, 0.1) is 19.8 Å². The highest BCUT2D eigenvalue weighted by Crippen LogP contribution is 2.25. The summed E-state index contributed by atoms with van der Waals surface area (Å²) in [6.45, 7) is 11.1. The molecule has 3 amide bonds. The zero-order valence-electron chi connectivity index (χ0n) is 25.6. The van der Waals surface area contributed by atoms with Gasteiger partial charge in [-0.1, -0.05) is 12.1 Å². The Morgan fingerprint density at radius 3 is 2.45 bits per heavy atom. The number of nitrogens with one attached hydrogen (secondary N) is 2. The average Bonchev–Trinajstić information content (AvgIpc) is 3.47. The number of carbonyl (C=O) groups is 3. The number of amides is 3. The molecule has 5 rings (SSSR count). The molecule has 232 valence electrons. The van der Waals surface area contributed by atoms with Crippen molar-refractivity contribution < 1.29 is 28.6 Å². The molecule has 1 atom stereocenters. The van der Waals surface area contributed by atoms with Crippen LogP contribution in [0, 0.1) is 6.92 Å². The molecular weight excluding hydrogens is 562 g/mol. The highest BCUT2D eigenvalue weighted by atomic mass is 16.6. The summed E-state index contributed by atoms with van der Waals surface area (Å²) < 4.78 is 17.0. The van der Waals surface area contributed by atoms with E-state index in [1.165, 1.54) is 0 Å². The number of likely N-dealkylation sites (tertiary alicyclic amines) is 1. The molecule has 2 N–H and O–H groups in total. The zero-order valence-corrected chi connectivity index (χ0v) is 25.6. The van der Waals surface area contributed by atoms with Crippen LogP contribution in [0.25, 0.3) is 0 Å². The molecule has 44 heavy (non-hydrogen) atoms. The molecule has 2 saturated heterocycles. The molecule has 1 unspecified atom stereocenters. The fraction of sp³-hybridized carbons (Fsp3) is 0.394. The smallest absolute Gasteiger partial charge is 0.410 e. The van der Waals surface area contributed by atoms with E-state index in [-0.39, 0.29) is 24.0 Å². The van der Waals surface area contributed by atoms with Gasteiger partial charge in [-0.05, 0) is 75.7 Å². The summed E-state index contributed by atoms with van der Waals surface area (Å²) in [7, 11) is 0. The number of aryl methyl sites for hydroxylation is 1. The van der Waals surface area contributed by atoms with Crippen molar-refractivity contribution in [3.63, 3.8) is 0 Å². The van der Waals surface area contributed by atoms with Crippen molar-refractivity contribution in [2.24, 2.45) is 0 Å². The van der Waals surface area contributed by atoms with Crippen LogP contribution in [-0.2, 0) is 9.47 Å². The van der Waals surface area contributed by atoms with Gasteiger partial charge in [-0.2, -0.15) is 0 Å². The van der Waals surface area contributed by atoms with Gasteiger partial charge in [0.2, 0.25) is 0 Å². The molecule has 3 aromatic rings. The maximum atomic E-state index is 13.2. The van der Waals surface area contributed by atoms with Crippen molar-refractivity contribution in [1.82, 2.24) is 9.88 Å². The van der Waals surface area contributed by atoms with Gasteiger partial charge in [0.1, 0.15) is 23.3 Å². The predicted octanol–water partition coefficient (Wildman–Crippen LogP) is 5.12.